The van der Waals surface area contributed by atoms with Crippen molar-refractivity contribution in [1.29, 1.82) is 0 Å². The smallest absolute Gasteiger partial charge is 0.268 e. The van der Waals surface area contributed by atoms with Crippen LogP contribution in [0.1, 0.15) is 0 Å². The Balaban J connectivity index is 2.01. The van der Waals surface area contributed by atoms with Gasteiger partial charge in [-0.25, -0.2) is 9.97 Å². The number of rotatable bonds is 5. The molecule has 2 rings (SSSR count). The second-order valence-electron chi connectivity index (χ2n) is 5.78. The molecule has 0 fully saturated rings. The van der Waals surface area contributed by atoms with Crippen LogP contribution in [-0.2, 0) is 9.53 Å². The van der Waals surface area contributed by atoms with Crippen LogP contribution < -0.4 is 9.64 Å². The second kappa shape index (κ2) is 6.07. The van der Waals surface area contributed by atoms with Crippen molar-refractivity contribution in [1.82, 2.24) is 9.97 Å². The molecule has 0 spiro atoms. The highest BCUT2D eigenvalue weighted by Crippen LogP contribution is 2.28. The van der Waals surface area contributed by atoms with Crippen LogP contribution in [0.5, 0.6) is 5.88 Å². The lowest BCUT2D eigenvalue weighted by Crippen LogP contribution is -2.41. The van der Waals surface area contributed by atoms with Crippen molar-refractivity contribution >= 4 is 31.4 Å². The number of hydrogen-bond donors (Lipinski definition) is 0. The summed E-state index contributed by atoms with van der Waals surface area (Å²) >= 11 is 5.81. The first-order valence-corrected chi connectivity index (χ1v) is 10.5. The normalized spacial score (nSPS) is 15.0. The molecule has 0 aliphatic carbocycles. The lowest BCUT2D eigenvalue weighted by atomic mass is 10.4. The maximum Gasteiger partial charge on any atom is 0.268 e. The fourth-order valence-electron chi connectivity index (χ4n) is 1.62. The first kappa shape index (κ1) is 15.2. The van der Waals surface area contributed by atoms with E-state index in [4.69, 9.17) is 21.1 Å². The quantitative estimate of drug-likeness (QED) is 0.615. The molecule has 0 saturated heterocycles. The molecule has 110 valence electrons. The highest BCUT2D eigenvalue weighted by molar-refractivity contribution is 6.76. The summed E-state index contributed by atoms with van der Waals surface area (Å²) in [4.78, 5) is 21.4. The SMILES string of the molecule is C[Si](C)(C)CCOCN1C(=O)COc2ncc(Cl)nc21. The Hall–Kier alpha value is -1.18. The lowest BCUT2D eigenvalue weighted by molar-refractivity contribution is -0.122. The molecule has 0 N–H and O–H groups in total. The van der Waals surface area contributed by atoms with Crippen molar-refractivity contribution < 1.29 is 14.3 Å². The molecule has 0 saturated carbocycles. The van der Waals surface area contributed by atoms with E-state index < -0.39 is 8.07 Å². The Labute approximate surface area is 124 Å². The summed E-state index contributed by atoms with van der Waals surface area (Å²) in [5.74, 6) is 0.423. The highest BCUT2D eigenvalue weighted by Gasteiger charge is 2.28. The van der Waals surface area contributed by atoms with Gasteiger partial charge in [-0.1, -0.05) is 31.2 Å². The van der Waals surface area contributed by atoms with Gasteiger partial charge in [-0.05, 0) is 6.04 Å². The van der Waals surface area contributed by atoms with Crippen molar-refractivity contribution in [2.75, 3.05) is 24.8 Å². The molecule has 1 aromatic rings. The van der Waals surface area contributed by atoms with Crippen LogP contribution in [-0.4, -0.2) is 43.9 Å². The van der Waals surface area contributed by atoms with Gasteiger partial charge in [-0.15, -0.1) is 0 Å². The van der Waals surface area contributed by atoms with Crippen LogP contribution in [0.15, 0.2) is 6.20 Å². The monoisotopic (exact) mass is 315 g/mol. The molecule has 0 radical (unpaired) electrons. The number of anilines is 1. The van der Waals surface area contributed by atoms with E-state index in [9.17, 15) is 4.79 Å². The molecule has 1 amide bonds. The molecular weight excluding hydrogens is 298 g/mol. The highest BCUT2D eigenvalue weighted by atomic mass is 35.5. The number of amides is 1. The molecule has 6 nitrogen and oxygen atoms in total. The molecule has 20 heavy (non-hydrogen) atoms. The summed E-state index contributed by atoms with van der Waals surface area (Å²) in [6, 6.07) is 1.04. The average molecular weight is 316 g/mol. The van der Waals surface area contributed by atoms with E-state index in [1.54, 1.807) is 0 Å². The van der Waals surface area contributed by atoms with Gasteiger partial charge < -0.3 is 9.47 Å². The third-order valence-electron chi connectivity index (χ3n) is 2.80. The molecule has 0 atom stereocenters. The van der Waals surface area contributed by atoms with Gasteiger partial charge in [0.2, 0.25) is 5.82 Å². The van der Waals surface area contributed by atoms with Crippen LogP contribution in [0, 0.1) is 0 Å². The minimum Gasteiger partial charge on any atom is -0.465 e. The molecule has 0 unspecified atom stereocenters. The number of ether oxygens (including phenoxy) is 2. The third-order valence-corrected chi connectivity index (χ3v) is 4.68. The fraction of sp³-hybridized carbons (Fsp3) is 0.583. The van der Waals surface area contributed by atoms with Crippen molar-refractivity contribution in [2.24, 2.45) is 0 Å². The Morgan fingerprint density at radius 1 is 1.50 bits per heavy atom. The van der Waals surface area contributed by atoms with Gasteiger partial charge in [-0.3, -0.25) is 9.69 Å². The maximum absolute atomic E-state index is 11.9. The molecule has 8 heteroatoms. The minimum atomic E-state index is -1.14. The largest absolute Gasteiger partial charge is 0.465 e. The number of hydrogen-bond acceptors (Lipinski definition) is 5. The van der Waals surface area contributed by atoms with E-state index in [1.807, 2.05) is 0 Å². The topological polar surface area (TPSA) is 64.5 Å². The van der Waals surface area contributed by atoms with Crippen molar-refractivity contribution in [3.8, 4) is 5.88 Å². The predicted octanol–water partition coefficient (Wildman–Crippen LogP) is 2.17. The summed E-state index contributed by atoms with van der Waals surface area (Å²) in [6.45, 7) is 7.55. The number of carbonyl (C=O) groups is 1. The van der Waals surface area contributed by atoms with E-state index in [1.165, 1.54) is 11.1 Å². The summed E-state index contributed by atoms with van der Waals surface area (Å²) in [6.07, 6.45) is 1.39. The van der Waals surface area contributed by atoms with E-state index in [2.05, 4.69) is 29.6 Å². The molecule has 1 aliphatic rings. The van der Waals surface area contributed by atoms with Crippen molar-refractivity contribution in [3.63, 3.8) is 0 Å². The zero-order valence-electron chi connectivity index (χ0n) is 11.9. The van der Waals surface area contributed by atoms with Gasteiger partial charge in [-0.2, -0.15) is 0 Å². The molecule has 1 aromatic heterocycles. The summed E-state index contributed by atoms with van der Waals surface area (Å²) in [5, 5.41) is 0.217. The van der Waals surface area contributed by atoms with Crippen molar-refractivity contribution in [2.45, 2.75) is 25.7 Å². The van der Waals surface area contributed by atoms with E-state index in [0.717, 1.165) is 6.04 Å². The van der Waals surface area contributed by atoms with Gasteiger partial charge in [0, 0.05) is 14.7 Å². The molecule has 0 aromatic carbocycles. The zero-order valence-corrected chi connectivity index (χ0v) is 13.6. The van der Waals surface area contributed by atoms with Crippen LogP contribution in [0.2, 0.25) is 30.8 Å². The summed E-state index contributed by atoms with van der Waals surface area (Å²) in [7, 11) is -1.14. The summed E-state index contributed by atoms with van der Waals surface area (Å²) in [5.41, 5.74) is 0. The maximum atomic E-state index is 11.9. The Kier molecular flexibility index (Phi) is 4.61. The number of nitrogens with zero attached hydrogens (tertiary/aromatic N) is 3. The third kappa shape index (κ3) is 3.91. The van der Waals surface area contributed by atoms with E-state index in [0.29, 0.717) is 18.3 Å². The van der Waals surface area contributed by atoms with Gasteiger partial charge >= 0.3 is 0 Å². The first-order chi connectivity index (χ1) is 9.37. The first-order valence-electron chi connectivity index (χ1n) is 6.40. The Bertz CT molecular complexity index is 507. The lowest BCUT2D eigenvalue weighted by Gasteiger charge is -2.27. The predicted molar refractivity (Wildman–Crippen MR) is 79.0 cm³/mol. The number of halogens is 1. The van der Waals surface area contributed by atoms with Crippen LogP contribution in [0.25, 0.3) is 0 Å². The van der Waals surface area contributed by atoms with Gasteiger partial charge in [0.15, 0.2) is 6.61 Å². The second-order valence-corrected chi connectivity index (χ2v) is 11.8. The van der Waals surface area contributed by atoms with Crippen molar-refractivity contribution in [3.05, 3.63) is 11.3 Å². The Morgan fingerprint density at radius 2 is 2.25 bits per heavy atom. The minimum absolute atomic E-state index is 0.0549. The van der Waals surface area contributed by atoms with E-state index >= 15 is 0 Å². The Morgan fingerprint density at radius 3 is 2.95 bits per heavy atom. The van der Waals surface area contributed by atoms with E-state index in [-0.39, 0.29) is 24.4 Å². The van der Waals surface area contributed by atoms with Gasteiger partial charge in [0.1, 0.15) is 11.9 Å². The number of aromatic nitrogens is 2. The fourth-order valence-corrected chi connectivity index (χ4v) is 2.50. The molecule has 2 heterocycles. The molecular formula is C12H18ClN3O3Si. The standard InChI is InChI=1S/C12H18ClN3O3Si/c1-20(2,3)5-4-18-8-16-10(17)7-19-12-11(16)15-9(13)6-14-12/h6H,4-5,7-8H2,1-3H3. The van der Waals surface area contributed by atoms with Gasteiger partial charge in [0.05, 0.1) is 6.20 Å². The zero-order chi connectivity index (χ0) is 14.8. The number of carbonyl (C=O) groups excluding carboxylic acids is 1. The van der Waals surface area contributed by atoms with Crippen LogP contribution in [0.4, 0.5) is 5.82 Å². The molecule has 1 aliphatic heterocycles. The van der Waals surface area contributed by atoms with Crippen LogP contribution in [0.3, 0.4) is 0 Å². The van der Waals surface area contributed by atoms with Gasteiger partial charge in [0.25, 0.3) is 11.8 Å². The average Bonchev–Trinajstić information content (AvgIpc) is 2.35. The van der Waals surface area contributed by atoms with Crippen LogP contribution >= 0.6 is 11.6 Å². The number of fused-ring (bicyclic) bond motifs is 1. The summed E-state index contributed by atoms with van der Waals surface area (Å²) < 4.78 is 10.8. The molecule has 0 bridgehead atoms.